The first-order valence-corrected chi connectivity index (χ1v) is 7.69. The summed E-state index contributed by atoms with van der Waals surface area (Å²) in [5.41, 5.74) is 0.0941. The number of hydrogen-bond donors (Lipinski definition) is 1. The summed E-state index contributed by atoms with van der Waals surface area (Å²) in [5.74, 6) is 0. The molecule has 1 aliphatic heterocycles. The van der Waals surface area contributed by atoms with Crippen LogP contribution in [0.1, 0.15) is 38.2 Å². The van der Waals surface area contributed by atoms with Gasteiger partial charge in [-0.15, -0.1) is 10.2 Å². The molecule has 0 aliphatic carbocycles. The van der Waals surface area contributed by atoms with E-state index in [1.165, 1.54) is 12.8 Å². The van der Waals surface area contributed by atoms with Crippen molar-refractivity contribution in [2.24, 2.45) is 15.4 Å². The minimum Gasteiger partial charge on any atom is -0.446 e. The van der Waals surface area contributed by atoms with Gasteiger partial charge in [-0.3, -0.25) is 0 Å². The number of hydrogen-bond acceptors (Lipinski definition) is 5. The maximum Gasteiger partial charge on any atom is 0.407 e. The van der Waals surface area contributed by atoms with Crippen LogP contribution in [0.3, 0.4) is 0 Å². The molecule has 118 valence electrons. The molecule has 0 radical (unpaired) electrons. The Morgan fingerprint density at radius 2 is 2.05 bits per heavy atom. The molecule has 1 heterocycles. The third kappa shape index (κ3) is 4.38. The Bertz CT molecular complexity index is 516. The van der Waals surface area contributed by atoms with Crippen molar-refractivity contribution in [1.82, 2.24) is 5.32 Å². The molecule has 0 bridgehead atoms. The lowest BCUT2D eigenvalue weighted by Crippen LogP contribution is -2.34. The van der Waals surface area contributed by atoms with Gasteiger partial charge in [-0.2, -0.15) is 0 Å². The quantitative estimate of drug-likeness (QED) is 0.744. The van der Waals surface area contributed by atoms with Gasteiger partial charge in [-0.1, -0.05) is 56.5 Å². The van der Waals surface area contributed by atoms with Crippen LogP contribution >= 0.6 is 0 Å². The zero-order valence-corrected chi connectivity index (χ0v) is 12.9. The first-order chi connectivity index (χ1) is 10.8. The SMILES string of the molecule is CCCCCCNC(=O)OCC1(c2ccccc2)C=NN=N1. The van der Waals surface area contributed by atoms with Gasteiger partial charge in [0.15, 0.2) is 5.54 Å². The topological polar surface area (TPSA) is 75.4 Å². The van der Waals surface area contributed by atoms with Crippen LogP contribution in [0.4, 0.5) is 4.79 Å². The number of unbranched alkanes of at least 4 members (excludes halogenated alkanes) is 3. The van der Waals surface area contributed by atoms with E-state index in [0.29, 0.717) is 6.54 Å². The number of rotatable bonds is 8. The molecular weight excluding hydrogens is 280 g/mol. The summed E-state index contributed by atoms with van der Waals surface area (Å²) in [5, 5.41) is 14.4. The summed E-state index contributed by atoms with van der Waals surface area (Å²) in [7, 11) is 0. The van der Waals surface area contributed by atoms with Gasteiger partial charge in [0.25, 0.3) is 0 Å². The largest absolute Gasteiger partial charge is 0.446 e. The monoisotopic (exact) mass is 302 g/mol. The summed E-state index contributed by atoms with van der Waals surface area (Å²) in [6.07, 6.45) is 5.62. The molecule has 6 nitrogen and oxygen atoms in total. The Kier molecular flexibility index (Phi) is 6.06. The smallest absolute Gasteiger partial charge is 0.407 e. The zero-order chi connectivity index (χ0) is 15.7. The molecule has 1 atom stereocenters. The molecule has 2 rings (SSSR count). The van der Waals surface area contributed by atoms with Crippen molar-refractivity contribution in [2.45, 2.75) is 38.1 Å². The molecule has 0 aromatic heterocycles. The second-order valence-corrected chi connectivity index (χ2v) is 5.29. The van der Waals surface area contributed by atoms with Crippen LogP contribution < -0.4 is 5.32 Å². The lowest BCUT2D eigenvalue weighted by molar-refractivity contribution is 0.131. The fourth-order valence-electron chi connectivity index (χ4n) is 2.23. The minimum atomic E-state index is -0.805. The highest BCUT2D eigenvalue weighted by atomic mass is 16.5. The van der Waals surface area contributed by atoms with E-state index < -0.39 is 11.6 Å². The second-order valence-electron chi connectivity index (χ2n) is 5.29. The predicted octanol–water partition coefficient (Wildman–Crippen LogP) is 3.64. The van der Waals surface area contributed by atoms with E-state index in [2.05, 4.69) is 27.7 Å². The molecule has 0 fully saturated rings. The van der Waals surface area contributed by atoms with Crippen LogP contribution in [0.5, 0.6) is 0 Å². The average molecular weight is 302 g/mol. The lowest BCUT2D eigenvalue weighted by atomic mass is 9.93. The first-order valence-electron chi connectivity index (χ1n) is 7.69. The Hall–Kier alpha value is -2.24. The fraction of sp³-hybridized carbons (Fsp3) is 0.500. The van der Waals surface area contributed by atoms with Crippen LogP contribution in [0.15, 0.2) is 45.8 Å². The van der Waals surface area contributed by atoms with Gasteiger partial charge in [-0.25, -0.2) is 4.79 Å². The first kappa shape index (κ1) is 16.1. The van der Waals surface area contributed by atoms with E-state index >= 15 is 0 Å². The van der Waals surface area contributed by atoms with Crippen molar-refractivity contribution in [3.8, 4) is 0 Å². The number of carbonyl (C=O) groups is 1. The normalized spacial score (nSPS) is 19.3. The van der Waals surface area contributed by atoms with E-state index in [1.54, 1.807) is 6.21 Å². The molecule has 1 aromatic carbocycles. The summed E-state index contributed by atoms with van der Waals surface area (Å²) in [6, 6.07) is 9.58. The molecule has 6 heteroatoms. The van der Waals surface area contributed by atoms with Crippen LogP contribution in [-0.2, 0) is 10.3 Å². The molecular formula is C16H22N4O2. The molecule has 1 aliphatic rings. The van der Waals surface area contributed by atoms with E-state index in [9.17, 15) is 4.79 Å². The Morgan fingerprint density at radius 3 is 2.73 bits per heavy atom. The van der Waals surface area contributed by atoms with Gasteiger partial charge in [-0.05, 0) is 17.2 Å². The lowest BCUT2D eigenvalue weighted by Gasteiger charge is -2.21. The van der Waals surface area contributed by atoms with Gasteiger partial charge in [0.1, 0.15) is 6.61 Å². The van der Waals surface area contributed by atoms with Crippen LogP contribution in [0.25, 0.3) is 0 Å². The van der Waals surface area contributed by atoms with Crippen molar-refractivity contribution < 1.29 is 9.53 Å². The number of ether oxygens (including phenoxy) is 1. The highest BCUT2D eigenvalue weighted by Crippen LogP contribution is 2.28. The third-order valence-electron chi connectivity index (χ3n) is 3.54. The van der Waals surface area contributed by atoms with E-state index in [-0.39, 0.29) is 6.61 Å². The highest BCUT2D eigenvalue weighted by Gasteiger charge is 2.35. The number of nitrogens with zero attached hydrogens (tertiary/aromatic N) is 3. The molecule has 1 aromatic rings. The number of nitrogens with one attached hydrogen (secondary N) is 1. The molecule has 0 spiro atoms. The summed E-state index contributed by atoms with van der Waals surface area (Å²) in [4.78, 5) is 11.8. The third-order valence-corrected chi connectivity index (χ3v) is 3.54. The van der Waals surface area contributed by atoms with Crippen molar-refractivity contribution in [1.29, 1.82) is 0 Å². The zero-order valence-electron chi connectivity index (χ0n) is 12.9. The molecule has 0 saturated heterocycles. The average Bonchev–Trinajstić information content (AvgIpc) is 3.04. The maximum absolute atomic E-state index is 11.8. The van der Waals surface area contributed by atoms with E-state index in [0.717, 1.165) is 18.4 Å². The standard InChI is InChI=1S/C16H22N4O2/c1-2-3-4-8-11-17-15(21)22-13-16(12-18-20-19-16)14-9-6-5-7-10-14/h5-7,9-10,12H,2-4,8,11,13H2,1H3,(H,17,21). The molecule has 0 saturated carbocycles. The van der Waals surface area contributed by atoms with Crippen molar-refractivity contribution >= 4 is 12.3 Å². The predicted molar refractivity (Wildman–Crippen MR) is 85.0 cm³/mol. The molecule has 1 amide bonds. The van der Waals surface area contributed by atoms with E-state index in [4.69, 9.17) is 4.74 Å². The van der Waals surface area contributed by atoms with Gasteiger partial charge in [0.05, 0.1) is 6.21 Å². The van der Waals surface area contributed by atoms with Gasteiger partial charge in [0.2, 0.25) is 0 Å². The number of alkyl carbamates (subject to hydrolysis) is 1. The van der Waals surface area contributed by atoms with Gasteiger partial charge >= 0.3 is 6.09 Å². The summed E-state index contributed by atoms with van der Waals surface area (Å²) < 4.78 is 5.30. The molecule has 22 heavy (non-hydrogen) atoms. The highest BCUT2D eigenvalue weighted by molar-refractivity contribution is 5.75. The fourth-order valence-corrected chi connectivity index (χ4v) is 2.23. The number of amides is 1. The van der Waals surface area contributed by atoms with Crippen LogP contribution in [-0.4, -0.2) is 25.5 Å². The number of carbonyl (C=O) groups excluding carboxylic acids is 1. The minimum absolute atomic E-state index is 0.0881. The van der Waals surface area contributed by atoms with Crippen molar-refractivity contribution in [3.63, 3.8) is 0 Å². The van der Waals surface area contributed by atoms with Gasteiger partial charge in [0, 0.05) is 6.54 Å². The maximum atomic E-state index is 11.8. The Morgan fingerprint density at radius 1 is 1.23 bits per heavy atom. The van der Waals surface area contributed by atoms with E-state index in [1.807, 2.05) is 30.3 Å². The number of benzene rings is 1. The van der Waals surface area contributed by atoms with Crippen molar-refractivity contribution in [3.05, 3.63) is 35.9 Å². The Labute approximate surface area is 130 Å². The van der Waals surface area contributed by atoms with Crippen LogP contribution in [0, 0.1) is 0 Å². The van der Waals surface area contributed by atoms with Crippen molar-refractivity contribution in [2.75, 3.05) is 13.2 Å². The second kappa shape index (κ2) is 8.26. The van der Waals surface area contributed by atoms with Gasteiger partial charge < -0.3 is 10.1 Å². The molecule has 1 unspecified atom stereocenters. The molecule has 1 N–H and O–H groups in total. The van der Waals surface area contributed by atoms with Crippen LogP contribution in [0.2, 0.25) is 0 Å². The summed E-state index contributed by atoms with van der Waals surface area (Å²) >= 11 is 0. The Balaban J connectivity index is 1.82. The summed E-state index contributed by atoms with van der Waals surface area (Å²) in [6.45, 7) is 2.88.